The third kappa shape index (κ3) is 6.76. The number of para-hydroxylation sites is 1. The quantitative estimate of drug-likeness (QED) is 0.669. The van der Waals surface area contributed by atoms with E-state index in [0.717, 1.165) is 34.0 Å². The number of thioether (sulfide) groups is 1. The summed E-state index contributed by atoms with van der Waals surface area (Å²) < 4.78 is 0. The predicted octanol–water partition coefficient (Wildman–Crippen LogP) is 3.92. The number of amides is 2. The SMILES string of the molecule is CCc1ccccc1NC(=O)CN1CCN(C(=O)CSCc2cccc(Cl)c2)CC1. The number of nitrogens with one attached hydrogen (secondary N) is 1. The third-order valence-electron chi connectivity index (χ3n) is 5.15. The molecule has 1 aliphatic rings. The van der Waals surface area contributed by atoms with Crippen molar-refractivity contribution < 1.29 is 9.59 Å². The third-order valence-corrected chi connectivity index (χ3v) is 6.37. The molecule has 2 amide bonds. The van der Waals surface area contributed by atoms with Crippen LogP contribution in [0.2, 0.25) is 5.02 Å². The van der Waals surface area contributed by atoms with Crippen molar-refractivity contribution in [1.82, 2.24) is 9.80 Å². The zero-order valence-electron chi connectivity index (χ0n) is 17.3. The molecule has 0 aliphatic carbocycles. The van der Waals surface area contributed by atoms with Crippen LogP contribution < -0.4 is 5.32 Å². The molecule has 0 atom stereocenters. The lowest BCUT2D eigenvalue weighted by Crippen LogP contribution is -2.50. The number of rotatable bonds is 8. The van der Waals surface area contributed by atoms with Crippen LogP contribution in [0.5, 0.6) is 0 Å². The molecule has 1 N–H and O–H groups in total. The van der Waals surface area contributed by atoms with E-state index < -0.39 is 0 Å². The number of benzene rings is 2. The summed E-state index contributed by atoms with van der Waals surface area (Å²) in [7, 11) is 0. The Hall–Kier alpha value is -2.02. The monoisotopic (exact) mass is 445 g/mol. The second kappa shape index (κ2) is 11.4. The molecule has 7 heteroatoms. The molecule has 0 radical (unpaired) electrons. The first-order valence-electron chi connectivity index (χ1n) is 10.2. The first-order chi connectivity index (χ1) is 14.5. The van der Waals surface area contributed by atoms with Gasteiger partial charge in [-0.3, -0.25) is 14.5 Å². The smallest absolute Gasteiger partial charge is 0.238 e. The van der Waals surface area contributed by atoms with Gasteiger partial charge in [0.2, 0.25) is 11.8 Å². The van der Waals surface area contributed by atoms with Gasteiger partial charge in [0.1, 0.15) is 0 Å². The van der Waals surface area contributed by atoms with Gasteiger partial charge in [0.15, 0.2) is 0 Å². The molecule has 2 aromatic rings. The van der Waals surface area contributed by atoms with Gasteiger partial charge in [-0.1, -0.05) is 48.9 Å². The Morgan fingerprint density at radius 3 is 2.57 bits per heavy atom. The zero-order valence-corrected chi connectivity index (χ0v) is 18.8. The van der Waals surface area contributed by atoms with E-state index in [4.69, 9.17) is 11.6 Å². The van der Waals surface area contributed by atoms with Crippen molar-refractivity contribution in [2.75, 3.05) is 43.8 Å². The van der Waals surface area contributed by atoms with Crippen molar-refractivity contribution in [3.05, 3.63) is 64.7 Å². The molecule has 160 valence electrons. The van der Waals surface area contributed by atoms with Gasteiger partial charge in [-0.2, -0.15) is 0 Å². The maximum Gasteiger partial charge on any atom is 0.238 e. The Balaban J connectivity index is 1.37. The standard InChI is InChI=1S/C23H28ClN3O2S/c1-2-19-7-3-4-9-21(19)25-22(28)15-26-10-12-27(13-11-26)23(29)17-30-16-18-6-5-8-20(24)14-18/h3-9,14H,2,10-13,15-17H2,1H3,(H,25,28). The number of piperazine rings is 1. The topological polar surface area (TPSA) is 52.7 Å². The fourth-order valence-electron chi connectivity index (χ4n) is 3.47. The Morgan fingerprint density at radius 2 is 1.83 bits per heavy atom. The Morgan fingerprint density at radius 1 is 1.07 bits per heavy atom. The van der Waals surface area contributed by atoms with Crippen LogP contribution in [-0.2, 0) is 21.8 Å². The van der Waals surface area contributed by atoms with Crippen LogP contribution in [0.1, 0.15) is 18.1 Å². The number of anilines is 1. The van der Waals surface area contributed by atoms with Gasteiger partial charge < -0.3 is 10.2 Å². The fourth-order valence-corrected chi connectivity index (χ4v) is 4.56. The summed E-state index contributed by atoms with van der Waals surface area (Å²) in [5.74, 6) is 1.38. The summed E-state index contributed by atoms with van der Waals surface area (Å²) >= 11 is 7.61. The molecule has 1 fully saturated rings. The molecule has 0 spiro atoms. The highest BCUT2D eigenvalue weighted by atomic mass is 35.5. The molecule has 1 heterocycles. The lowest BCUT2D eigenvalue weighted by Gasteiger charge is -2.34. The van der Waals surface area contributed by atoms with Gasteiger partial charge in [-0.25, -0.2) is 0 Å². The number of carbonyl (C=O) groups excluding carboxylic acids is 2. The van der Waals surface area contributed by atoms with Crippen LogP contribution in [0.15, 0.2) is 48.5 Å². The highest BCUT2D eigenvalue weighted by Gasteiger charge is 2.22. The van der Waals surface area contributed by atoms with E-state index in [1.165, 1.54) is 0 Å². The van der Waals surface area contributed by atoms with Crippen molar-refractivity contribution in [3.8, 4) is 0 Å². The van der Waals surface area contributed by atoms with Crippen LogP contribution in [0.25, 0.3) is 0 Å². The number of hydrogen-bond acceptors (Lipinski definition) is 4. The predicted molar refractivity (Wildman–Crippen MR) is 125 cm³/mol. The van der Waals surface area contributed by atoms with Crippen molar-refractivity contribution >= 4 is 40.9 Å². The molecule has 30 heavy (non-hydrogen) atoms. The maximum atomic E-state index is 12.5. The lowest BCUT2D eigenvalue weighted by atomic mass is 10.1. The second-order valence-corrected chi connectivity index (χ2v) is 8.76. The van der Waals surface area contributed by atoms with Crippen LogP contribution in [0.4, 0.5) is 5.69 Å². The van der Waals surface area contributed by atoms with Crippen LogP contribution in [0.3, 0.4) is 0 Å². The van der Waals surface area contributed by atoms with Gasteiger partial charge in [0.25, 0.3) is 0 Å². The van der Waals surface area contributed by atoms with E-state index in [-0.39, 0.29) is 11.8 Å². The first-order valence-corrected chi connectivity index (χ1v) is 11.8. The second-order valence-electron chi connectivity index (χ2n) is 7.34. The molecule has 0 aromatic heterocycles. The fraction of sp³-hybridized carbons (Fsp3) is 0.391. The summed E-state index contributed by atoms with van der Waals surface area (Å²) in [5, 5.41) is 3.74. The van der Waals surface area contributed by atoms with Gasteiger partial charge in [0, 0.05) is 42.6 Å². The largest absolute Gasteiger partial charge is 0.339 e. The highest BCUT2D eigenvalue weighted by molar-refractivity contribution is 7.99. The van der Waals surface area contributed by atoms with E-state index in [1.807, 2.05) is 53.4 Å². The van der Waals surface area contributed by atoms with Crippen molar-refractivity contribution in [2.24, 2.45) is 0 Å². The minimum atomic E-state index is -0.00671. The number of carbonyl (C=O) groups is 2. The summed E-state index contributed by atoms with van der Waals surface area (Å²) in [5.41, 5.74) is 3.15. The molecular weight excluding hydrogens is 418 g/mol. The minimum Gasteiger partial charge on any atom is -0.339 e. The number of hydrogen-bond donors (Lipinski definition) is 1. The molecule has 1 saturated heterocycles. The number of nitrogens with zero attached hydrogens (tertiary/aromatic N) is 2. The number of halogens is 1. The molecule has 2 aromatic carbocycles. The van der Waals surface area contributed by atoms with Crippen LogP contribution in [0, 0.1) is 0 Å². The van der Waals surface area contributed by atoms with Gasteiger partial charge in [0.05, 0.1) is 12.3 Å². The molecule has 0 saturated carbocycles. The summed E-state index contributed by atoms with van der Waals surface area (Å²) in [4.78, 5) is 28.9. The minimum absolute atomic E-state index is 0.00671. The zero-order chi connectivity index (χ0) is 21.3. The van der Waals surface area contributed by atoms with Crippen molar-refractivity contribution in [2.45, 2.75) is 19.1 Å². The molecule has 3 rings (SSSR count). The molecule has 1 aliphatic heterocycles. The summed E-state index contributed by atoms with van der Waals surface area (Å²) in [6, 6.07) is 15.6. The molecule has 0 unspecified atom stereocenters. The molecule has 5 nitrogen and oxygen atoms in total. The van der Waals surface area contributed by atoms with Crippen molar-refractivity contribution in [3.63, 3.8) is 0 Å². The first kappa shape index (κ1) is 22.7. The van der Waals surface area contributed by atoms with Crippen LogP contribution in [-0.4, -0.2) is 60.1 Å². The van der Waals surface area contributed by atoms with Gasteiger partial charge >= 0.3 is 0 Å². The lowest BCUT2D eigenvalue weighted by molar-refractivity contribution is -0.130. The Labute approximate surface area is 187 Å². The summed E-state index contributed by atoms with van der Waals surface area (Å²) in [6.07, 6.45) is 0.882. The van der Waals surface area contributed by atoms with E-state index in [1.54, 1.807) is 11.8 Å². The van der Waals surface area contributed by atoms with E-state index >= 15 is 0 Å². The van der Waals surface area contributed by atoms with E-state index in [2.05, 4.69) is 17.1 Å². The molecular formula is C23H28ClN3O2S. The van der Waals surface area contributed by atoms with Crippen molar-refractivity contribution in [1.29, 1.82) is 0 Å². The van der Waals surface area contributed by atoms with Gasteiger partial charge in [-0.05, 0) is 35.7 Å². The Kier molecular flexibility index (Phi) is 8.61. The normalized spacial score (nSPS) is 14.5. The maximum absolute atomic E-state index is 12.5. The van der Waals surface area contributed by atoms with Crippen LogP contribution >= 0.6 is 23.4 Å². The average molecular weight is 446 g/mol. The highest BCUT2D eigenvalue weighted by Crippen LogP contribution is 2.18. The van der Waals surface area contributed by atoms with E-state index in [9.17, 15) is 9.59 Å². The Bertz CT molecular complexity index is 869. The number of aryl methyl sites for hydroxylation is 1. The van der Waals surface area contributed by atoms with E-state index in [0.29, 0.717) is 38.5 Å². The summed E-state index contributed by atoms with van der Waals surface area (Å²) in [6.45, 7) is 5.18. The van der Waals surface area contributed by atoms with Gasteiger partial charge in [-0.15, -0.1) is 11.8 Å². The molecule has 0 bridgehead atoms. The average Bonchev–Trinajstić information content (AvgIpc) is 2.74.